The van der Waals surface area contributed by atoms with Gasteiger partial charge in [-0.1, -0.05) is 6.07 Å². The van der Waals surface area contributed by atoms with Crippen LogP contribution in [0, 0.1) is 12.8 Å². The van der Waals surface area contributed by atoms with Crippen molar-refractivity contribution in [1.29, 1.82) is 0 Å². The first-order valence-corrected chi connectivity index (χ1v) is 5.82. The van der Waals surface area contributed by atoms with Gasteiger partial charge in [-0.2, -0.15) is 0 Å². The third-order valence-electron chi connectivity index (χ3n) is 3.20. The van der Waals surface area contributed by atoms with Crippen molar-refractivity contribution in [2.45, 2.75) is 26.7 Å². The fourth-order valence-corrected chi connectivity index (χ4v) is 2.20. The lowest BCUT2D eigenvalue weighted by atomic mass is 10.0. The molecule has 2 heterocycles. The average molecular weight is 218 g/mol. The minimum absolute atomic E-state index is 0.194. The highest BCUT2D eigenvalue weighted by molar-refractivity contribution is 5.73. The van der Waals surface area contributed by atoms with Crippen molar-refractivity contribution in [3.05, 3.63) is 29.6 Å². The third-order valence-corrected chi connectivity index (χ3v) is 3.20. The molecule has 0 radical (unpaired) electrons. The van der Waals surface area contributed by atoms with E-state index >= 15 is 0 Å². The van der Waals surface area contributed by atoms with Gasteiger partial charge in [-0.05, 0) is 37.3 Å². The van der Waals surface area contributed by atoms with Crippen molar-refractivity contribution in [1.82, 2.24) is 9.88 Å². The minimum Gasteiger partial charge on any atom is -0.343 e. The summed E-state index contributed by atoms with van der Waals surface area (Å²) in [5.74, 6) is 0.776. The molecule has 3 heteroatoms. The van der Waals surface area contributed by atoms with Crippen LogP contribution in [0.1, 0.15) is 24.6 Å². The highest BCUT2D eigenvalue weighted by Gasteiger charge is 2.24. The van der Waals surface area contributed by atoms with E-state index in [1.165, 1.54) is 5.56 Å². The summed E-state index contributed by atoms with van der Waals surface area (Å²) < 4.78 is 0. The zero-order valence-electron chi connectivity index (χ0n) is 9.94. The van der Waals surface area contributed by atoms with Gasteiger partial charge in [0.25, 0.3) is 0 Å². The molecule has 86 valence electrons. The van der Waals surface area contributed by atoms with Crippen LogP contribution < -0.4 is 0 Å². The molecular weight excluding hydrogens is 200 g/mol. The Hall–Kier alpha value is -1.38. The predicted octanol–water partition coefficient (Wildman–Crippen LogP) is 1.80. The number of rotatable bonds is 2. The van der Waals surface area contributed by atoms with Crippen LogP contribution in [0.15, 0.2) is 18.3 Å². The number of hydrogen-bond acceptors (Lipinski definition) is 2. The molecule has 1 amide bonds. The number of aromatic nitrogens is 1. The molecule has 1 aromatic rings. The first-order valence-electron chi connectivity index (χ1n) is 5.82. The maximum atomic E-state index is 11.2. The van der Waals surface area contributed by atoms with Gasteiger partial charge in [0.05, 0.1) is 0 Å². The molecule has 1 aliphatic rings. The minimum atomic E-state index is 0.194. The van der Waals surface area contributed by atoms with E-state index in [2.05, 4.69) is 17.1 Å². The first kappa shape index (κ1) is 11.1. The quantitative estimate of drug-likeness (QED) is 0.758. The predicted molar refractivity (Wildman–Crippen MR) is 63.0 cm³/mol. The summed E-state index contributed by atoms with van der Waals surface area (Å²) >= 11 is 0. The van der Waals surface area contributed by atoms with Crippen LogP contribution in [0.2, 0.25) is 0 Å². The number of amides is 1. The zero-order valence-corrected chi connectivity index (χ0v) is 9.94. The number of carbonyl (C=O) groups excluding carboxylic acids is 1. The summed E-state index contributed by atoms with van der Waals surface area (Å²) in [5, 5.41) is 0. The van der Waals surface area contributed by atoms with Crippen molar-refractivity contribution in [3.63, 3.8) is 0 Å². The van der Waals surface area contributed by atoms with E-state index in [0.717, 1.165) is 31.6 Å². The van der Waals surface area contributed by atoms with E-state index in [1.54, 1.807) is 6.92 Å². The molecule has 2 rings (SSSR count). The van der Waals surface area contributed by atoms with Gasteiger partial charge in [0.15, 0.2) is 0 Å². The lowest BCUT2D eigenvalue weighted by Crippen LogP contribution is -2.26. The second-order valence-corrected chi connectivity index (χ2v) is 4.65. The normalized spacial score (nSPS) is 20.1. The zero-order chi connectivity index (χ0) is 11.5. The van der Waals surface area contributed by atoms with Crippen LogP contribution in [-0.2, 0) is 11.2 Å². The number of likely N-dealkylation sites (tertiary alicyclic amines) is 1. The number of nitrogens with zero attached hydrogens (tertiary/aromatic N) is 2. The van der Waals surface area contributed by atoms with E-state index in [1.807, 2.05) is 18.0 Å². The molecular formula is C13H18N2O. The topological polar surface area (TPSA) is 33.2 Å². The monoisotopic (exact) mass is 218 g/mol. The maximum Gasteiger partial charge on any atom is 0.219 e. The molecule has 0 N–H and O–H groups in total. The highest BCUT2D eigenvalue weighted by Crippen LogP contribution is 2.20. The Bertz CT molecular complexity index is 372. The van der Waals surface area contributed by atoms with Gasteiger partial charge in [-0.25, -0.2) is 0 Å². The maximum absolute atomic E-state index is 11.2. The fraction of sp³-hybridized carbons (Fsp3) is 0.538. The van der Waals surface area contributed by atoms with Crippen LogP contribution >= 0.6 is 0 Å². The molecule has 1 aliphatic heterocycles. The molecule has 0 aromatic carbocycles. The van der Waals surface area contributed by atoms with Crippen LogP contribution in [0.4, 0.5) is 0 Å². The summed E-state index contributed by atoms with van der Waals surface area (Å²) in [5.41, 5.74) is 2.33. The van der Waals surface area contributed by atoms with E-state index in [-0.39, 0.29) is 5.91 Å². The van der Waals surface area contributed by atoms with E-state index < -0.39 is 0 Å². The second-order valence-electron chi connectivity index (χ2n) is 4.65. The Labute approximate surface area is 96.5 Å². The van der Waals surface area contributed by atoms with Gasteiger partial charge in [0, 0.05) is 31.9 Å². The SMILES string of the molecule is CC(=O)N1CCC(Cc2ccc(C)cn2)C1. The van der Waals surface area contributed by atoms with Crippen molar-refractivity contribution >= 4 is 5.91 Å². The fourth-order valence-electron chi connectivity index (χ4n) is 2.20. The van der Waals surface area contributed by atoms with Crippen molar-refractivity contribution < 1.29 is 4.79 Å². The van der Waals surface area contributed by atoms with Gasteiger partial charge in [0.2, 0.25) is 5.91 Å². The molecule has 0 bridgehead atoms. The second kappa shape index (κ2) is 4.64. The summed E-state index contributed by atoms with van der Waals surface area (Å²) in [6.45, 7) is 5.49. The van der Waals surface area contributed by atoms with Crippen LogP contribution in [0.25, 0.3) is 0 Å². The molecule has 1 aromatic heterocycles. The number of carbonyl (C=O) groups is 1. The first-order chi connectivity index (χ1) is 7.65. The Morgan fingerprint density at radius 1 is 1.56 bits per heavy atom. The van der Waals surface area contributed by atoms with Crippen LogP contribution in [-0.4, -0.2) is 28.9 Å². The molecule has 0 saturated carbocycles. The Kier molecular flexibility index (Phi) is 3.22. The smallest absolute Gasteiger partial charge is 0.219 e. The van der Waals surface area contributed by atoms with Gasteiger partial charge in [-0.3, -0.25) is 9.78 Å². The summed E-state index contributed by atoms with van der Waals surface area (Å²) in [6.07, 6.45) is 4.01. The largest absolute Gasteiger partial charge is 0.343 e. The average Bonchev–Trinajstić information content (AvgIpc) is 2.70. The number of hydrogen-bond donors (Lipinski definition) is 0. The molecule has 16 heavy (non-hydrogen) atoms. The summed E-state index contributed by atoms with van der Waals surface area (Å²) in [6, 6.07) is 4.19. The van der Waals surface area contributed by atoms with E-state index in [0.29, 0.717) is 5.92 Å². The Balaban J connectivity index is 1.92. The van der Waals surface area contributed by atoms with E-state index in [9.17, 15) is 4.79 Å². The Morgan fingerprint density at radius 2 is 2.38 bits per heavy atom. The molecule has 0 spiro atoms. The van der Waals surface area contributed by atoms with Crippen LogP contribution in [0.3, 0.4) is 0 Å². The van der Waals surface area contributed by atoms with Gasteiger partial charge < -0.3 is 4.90 Å². The van der Waals surface area contributed by atoms with Gasteiger partial charge >= 0.3 is 0 Å². The molecule has 1 atom stereocenters. The molecule has 1 fully saturated rings. The molecule has 1 unspecified atom stereocenters. The third kappa shape index (κ3) is 2.60. The van der Waals surface area contributed by atoms with E-state index in [4.69, 9.17) is 0 Å². The highest BCUT2D eigenvalue weighted by atomic mass is 16.2. The Morgan fingerprint density at radius 3 is 2.94 bits per heavy atom. The van der Waals surface area contributed by atoms with Crippen molar-refractivity contribution in [2.75, 3.05) is 13.1 Å². The van der Waals surface area contributed by atoms with Crippen LogP contribution in [0.5, 0.6) is 0 Å². The van der Waals surface area contributed by atoms with Crippen molar-refractivity contribution in [2.24, 2.45) is 5.92 Å². The standard InChI is InChI=1S/C13H18N2O/c1-10-3-4-13(14-8-10)7-12-5-6-15(9-12)11(2)16/h3-4,8,12H,5-7,9H2,1-2H3. The number of aryl methyl sites for hydroxylation is 1. The summed E-state index contributed by atoms with van der Waals surface area (Å²) in [4.78, 5) is 17.5. The van der Waals surface area contributed by atoms with Gasteiger partial charge in [0.1, 0.15) is 0 Å². The summed E-state index contributed by atoms with van der Waals surface area (Å²) in [7, 11) is 0. The lowest BCUT2D eigenvalue weighted by molar-refractivity contribution is -0.127. The lowest BCUT2D eigenvalue weighted by Gasteiger charge is -2.13. The van der Waals surface area contributed by atoms with Gasteiger partial charge in [-0.15, -0.1) is 0 Å². The molecule has 1 saturated heterocycles. The molecule has 0 aliphatic carbocycles. The molecule has 3 nitrogen and oxygen atoms in total. The van der Waals surface area contributed by atoms with Crippen molar-refractivity contribution in [3.8, 4) is 0 Å². The number of pyridine rings is 1.